The predicted octanol–water partition coefficient (Wildman–Crippen LogP) is 0.589. The summed E-state index contributed by atoms with van der Waals surface area (Å²) in [5.41, 5.74) is 0.647. The largest absolute Gasteiger partial charge is 0.493 e. The fraction of sp³-hybridized carbons (Fsp3) is 0.250. The summed E-state index contributed by atoms with van der Waals surface area (Å²) in [5.74, 6) is 0.702. The number of imide groups is 1. The summed E-state index contributed by atoms with van der Waals surface area (Å²) in [6.45, 7) is -0.0817. The lowest BCUT2D eigenvalue weighted by Gasteiger charge is -2.10. The van der Waals surface area contributed by atoms with Crippen molar-refractivity contribution in [1.82, 2.24) is 10.3 Å². The van der Waals surface area contributed by atoms with E-state index in [2.05, 4.69) is 10.4 Å². The third-order valence-electron chi connectivity index (χ3n) is 2.54. The number of urea groups is 1. The molecule has 1 aromatic carbocycles. The molecule has 1 aromatic rings. The molecule has 1 aliphatic rings. The number of rotatable bonds is 4. The summed E-state index contributed by atoms with van der Waals surface area (Å²) in [6, 6.07) is 4.75. The quantitative estimate of drug-likeness (QED) is 0.637. The van der Waals surface area contributed by atoms with Crippen LogP contribution in [0.15, 0.2) is 23.3 Å². The Morgan fingerprint density at radius 3 is 2.68 bits per heavy atom. The topological polar surface area (TPSA) is 80.2 Å². The molecule has 7 nitrogen and oxygen atoms in total. The van der Waals surface area contributed by atoms with Crippen LogP contribution in [0, 0.1) is 0 Å². The number of hydrogen-bond donors (Lipinski definition) is 1. The van der Waals surface area contributed by atoms with Crippen molar-refractivity contribution in [2.75, 3.05) is 20.8 Å². The average molecular weight is 263 g/mol. The van der Waals surface area contributed by atoms with Gasteiger partial charge in [0.05, 0.1) is 20.4 Å². The van der Waals surface area contributed by atoms with Gasteiger partial charge in [-0.1, -0.05) is 6.07 Å². The van der Waals surface area contributed by atoms with Gasteiger partial charge in [-0.15, -0.1) is 0 Å². The first-order valence-corrected chi connectivity index (χ1v) is 5.52. The van der Waals surface area contributed by atoms with Crippen LogP contribution in [0.3, 0.4) is 0 Å². The standard InChI is InChI=1S/C12H13N3O4/c1-18-9-5-3-4-8(11(9)19-2)6-13-15-7-10(16)14-12(15)17/h3-6H,7H2,1-2H3,(H,14,16,17)/b13-6+. The van der Waals surface area contributed by atoms with Crippen LogP contribution in [-0.2, 0) is 4.79 Å². The van der Waals surface area contributed by atoms with Gasteiger partial charge in [0.15, 0.2) is 11.5 Å². The number of carbonyl (C=O) groups is 2. The van der Waals surface area contributed by atoms with Crippen LogP contribution >= 0.6 is 0 Å². The molecule has 0 bridgehead atoms. The lowest BCUT2D eigenvalue weighted by atomic mass is 10.2. The number of amides is 3. The molecule has 0 spiro atoms. The van der Waals surface area contributed by atoms with Gasteiger partial charge >= 0.3 is 6.03 Å². The van der Waals surface area contributed by atoms with Crippen molar-refractivity contribution in [2.24, 2.45) is 5.10 Å². The monoisotopic (exact) mass is 263 g/mol. The van der Waals surface area contributed by atoms with Crippen molar-refractivity contribution in [3.8, 4) is 11.5 Å². The molecule has 1 N–H and O–H groups in total. The van der Waals surface area contributed by atoms with Crippen molar-refractivity contribution in [3.63, 3.8) is 0 Å². The Balaban J connectivity index is 2.23. The maximum absolute atomic E-state index is 11.3. The van der Waals surface area contributed by atoms with E-state index in [-0.39, 0.29) is 12.5 Å². The molecule has 1 heterocycles. The van der Waals surface area contributed by atoms with Crippen molar-refractivity contribution in [1.29, 1.82) is 0 Å². The van der Waals surface area contributed by atoms with Crippen LogP contribution in [0.25, 0.3) is 0 Å². The van der Waals surface area contributed by atoms with Crippen LogP contribution < -0.4 is 14.8 Å². The first-order chi connectivity index (χ1) is 9.15. The highest BCUT2D eigenvalue weighted by Crippen LogP contribution is 2.29. The van der Waals surface area contributed by atoms with E-state index in [4.69, 9.17) is 9.47 Å². The molecule has 2 rings (SSSR count). The zero-order valence-corrected chi connectivity index (χ0v) is 10.5. The Labute approximate surface area is 109 Å². The first-order valence-electron chi connectivity index (χ1n) is 5.52. The maximum Gasteiger partial charge on any atom is 0.344 e. The van der Waals surface area contributed by atoms with Gasteiger partial charge in [0, 0.05) is 5.56 Å². The predicted molar refractivity (Wildman–Crippen MR) is 67.4 cm³/mol. The number of nitrogens with one attached hydrogen (secondary N) is 1. The molecule has 0 unspecified atom stereocenters. The normalized spacial score (nSPS) is 14.9. The van der Waals surface area contributed by atoms with E-state index in [1.54, 1.807) is 18.2 Å². The number of ether oxygens (including phenoxy) is 2. The molecule has 0 radical (unpaired) electrons. The molecule has 1 fully saturated rings. The Bertz CT molecular complexity index is 542. The van der Waals surface area contributed by atoms with Crippen molar-refractivity contribution in [3.05, 3.63) is 23.8 Å². The molecule has 0 saturated carbocycles. The van der Waals surface area contributed by atoms with E-state index in [9.17, 15) is 9.59 Å². The molecular formula is C12H13N3O4. The van der Waals surface area contributed by atoms with Gasteiger partial charge in [-0.05, 0) is 12.1 Å². The van der Waals surface area contributed by atoms with Crippen molar-refractivity contribution in [2.45, 2.75) is 0 Å². The van der Waals surface area contributed by atoms with Crippen LogP contribution in [-0.4, -0.2) is 43.9 Å². The smallest absolute Gasteiger partial charge is 0.344 e. The van der Waals surface area contributed by atoms with E-state index in [1.807, 2.05) is 0 Å². The van der Waals surface area contributed by atoms with Crippen molar-refractivity contribution >= 4 is 18.2 Å². The summed E-state index contributed by atoms with van der Waals surface area (Å²) in [6.07, 6.45) is 1.44. The molecule has 3 amide bonds. The number of methoxy groups -OCH3 is 2. The highest BCUT2D eigenvalue weighted by molar-refractivity contribution is 6.02. The third-order valence-corrected chi connectivity index (χ3v) is 2.54. The second-order valence-corrected chi connectivity index (χ2v) is 3.74. The minimum Gasteiger partial charge on any atom is -0.493 e. The molecule has 100 valence electrons. The van der Waals surface area contributed by atoms with Gasteiger partial charge in [0.1, 0.15) is 6.54 Å². The van der Waals surface area contributed by atoms with E-state index >= 15 is 0 Å². The number of hydrazone groups is 1. The van der Waals surface area contributed by atoms with E-state index < -0.39 is 6.03 Å². The number of benzene rings is 1. The summed E-state index contributed by atoms with van der Waals surface area (Å²) >= 11 is 0. The van der Waals surface area contributed by atoms with Crippen molar-refractivity contribution < 1.29 is 19.1 Å². The second kappa shape index (κ2) is 5.38. The summed E-state index contributed by atoms with van der Waals surface area (Å²) in [4.78, 5) is 22.3. The minimum absolute atomic E-state index is 0.0817. The Morgan fingerprint density at radius 2 is 2.11 bits per heavy atom. The molecule has 0 atom stereocenters. The number of para-hydroxylation sites is 1. The minimum atomic E-state index is -0.539. The fourth-order valence-electron chi connectivity index (χ4n) is 1.67. The van der Waals surface area contributed by atoms with Gasteiger partial charge in [0.25, 0.3) is 0 Å². The van der Waals surface area contributed by atoms with Gasteiger partial charge in [-0.25, -0.2) is 9.80 Å². The van der Waals surface area contributed by atoms with Gasteiger partial charge in [0.2, 0.25) is 5.91 Å². The highest BCUT2D eigenvalue weighted by Gasteiger charge is 2.26. The molecular weight excluding hydrogens is 250 g/mol. The summed E-state index contributed by atoms with van der Waals surface area (Å²) in [7, 11) is 3.05. The molecule has 7 heteroatoms. The average Bonchev–Trinajstić information content (AvgIpc) is 2.73. The van der Waals surface area contributed by atoms with E-state index in [0.717, 1.165) is 5.01 Å². The van der Waals surface area contributed by atoms with Crippen LogP contribution in [0.4, 0.5) is 4.79 Å². The number of nitrogens with zero attached hydrogens (tertiary/aromatic N) is 2. The van der Waals surface area contributed by atoms with Gasteiger partial charge in [-0.2, -0.15) is 5.10 Å². The second-order valence-electron chi connectivity index (χ2n) is 3.74. The van der Waals surface area contributed by atoms with Crippen LogP contribution in [0.2, 0.25) is 0 Å². The zero-order chi connectivity index (χ0) is 13.8. The molecule has 0 aliphatic carbocycles. The Morgan fingerprint density at radius 1 is 1.32 bits per heavy atom. The number of hydrogen-bond acceptors (Lipinski definition) is 5. The first kappa shape index (κ1) is 12.9. The lowest BCUT2D eigenvalue weighted by Crippen LogP contribution is -2.24. The Kier molecular flexibility index (Phi) is 3.65. The van der Waals surface area contributed by atoms with Gasteiger partial charge < -0.3 is 9.47 Å². The molecule has 1 saturated heterocycles. The highest BCUT2D eigenvalue weighted by atomic mass is 16.5. The third kappa shape index (κ3) is 2.65. The maximum atomic E-state index is 11.3. The molecule has 1 aliphatic heterocycles. The lowest BCUT2D eigenvalue weighted by molar-refractivity contribution is -0.118. The zero-order valence-electron chi connectivity index (χ0n) is 10.5. The summed E-state index contributed by atoms with van der Waals surface area (Å²) < 4.78 is 10.4. The molecule has 0 aromatic heterocycles. The van der Waals surface area contributed by atoms with Gasteiger partial charge in [-0.3, -0.25) is 10.1 Å². The fourth-order valence-corrected chi connectivity index (χ4v) is 1.67. The van der Waals surface area contributed by atoms with Crippen LogP contribution in [0.1, 0.15) is 5.56 Å². The summed E-state index contributed by atoms with van der Waals surface area (Å²) in [5, 5.41) is 7.12. The Hall–Kier alpha value is -2.57. The van der Waals surface area contributed by atoms with E-state index in [0.29, 0.717) is 17.1 Å². The van der Waals surface area contributed by atoms with Crippen LogP contribution in [0.5, 0.6) is 11.5 Å². The molecule has 19 heavy (non-hydrogen) atoms. The number of carbonyl (C=O) groups excluding carboxylic acids is 2. The SMILES string of the molecule is COc1cccc(/C=N/N2CC(=O)NC2=O)c1OC. The van der Waals surface area contributed by atoms with E-state index in [1.165, 1.54) is 20.4 Å².